The van der Waals surface area contributed by atoms with Crippen LogP contribution in [0.2, 0.25) is 0 Å². The van der Waals surface area contributed by atoms with E-state index in [-0.39, 0.29) is 11.7 Å². The van der Waals surface area contributed by atoms with E-state index in [4.69, 9.17) is 0 Å². The highest BCUT2D eigenvalue weighted by molar-refractivity contribution is 7.92. The van der Waals surface area contributed by atoms with Gasteiger partial charge < -0.3 is 9.80 Å². The fourth-order valence-electron chi connectivity index (χ4n) is 4.02. The molecule has 0 saturated carbocycles. The molecule has 150 valence electrons. The van der Waals surface area contributed by atoms with E-state index in [1.54, 1.807) is 31.2 Å². The Morgan fingerprint density at radius 1 is 1.07 bits per heavy atom. The quantitative estimate of drug-likeness (QED) is 0.807. The van der Waals surface area contributed by atoms with Crippen molar-refractivity contribution in [3.63, 3.8) is 0 Å². The molecule has 1 atom stereocenters. The summed E-state index contributed by atoms with van der Waals surface area (Å²) in [7, 11) is -3.30. The third-order valence-corrected chi connectivity index (χ3v) is 6.86. The Balaban J connectivity index is 1.57. The molecule has 3 rings (SSSR count). The van der Waals surface area contributed by atoms with Crippen LogP contribution in [-0.4, -0.2) is 62.6 Å². The van der Waals surface area contributed by atoms with Crippen LogP contribution in [0.3, 0.4) is 0 Å². The summed E-state index contributed by atoms with van der Waals surface area (Å²) >= 11 is 0. The maximum absolute atomic E-state index is 12.9. The van der Waals surface area contributed by atoms with E-state index >= 15 is 0 Å². The molecule has 2 aliphatic heterocycles. The number of hydrogen-bond donors (Lipinski definition) is 1. The third kappa shape index (κ3) is 5.69. The van der Waals surface area contributed by atoms with Crippen molar-refractivity contribution < 1.29 is 13.2 Å². The summed E-state index contributed by atoms with van der Waals surface area (Å²) in [6.07, 6.45) is 6.18. The fourth-order valence-corrected chi connectivity index (χ4v) is 4.66. The number of rotatable bonds is 6. The standard InChI is InChI=1S/C20H31N3O3S/c1-2-27(25,26)21-19-10-8-18(9-11-19)20(24)23-14-6-7-17(16-23)15-22-12-4-3-5-13-22/h8-11,17,21H,2-7,12-16H2,1H3/t17-/m1/s1. The monoisotopic (exact) mass is 393 g/mol. The summed E-state index contributed by atoms with van der Waals surface area (Å²) in [5, 5.41) is 0. The lowest BCUT2D eigenvalue weighted by Gasteiger charge is -2.37. The topological polar surface area (TPSA) is 69.7 Å². The number of carbonyl (C=O) groups excluding carboxylic acids is 1. The highest BCUT2D eigenvalue weighted by Gasteiger charge is 2.26. The molecule has 7 heteroatoms. The third-order valence-electron chi connectivity index (χ3n) is 5.56. The van der Waals surface area contributed by atoms with E-state index < -0.39 is 10.0 Å². The first-order chi connectivity index (χ1) is 13.0. The average molecular weight is 394 g/mol. The predicted octanol–water partition coefficient (Wildman–Crippen LogP) is 2.79. The molecule has 6 nitrogen and oxygen atoms in total. The average Bonchev–Trinajstić information content (AvgIpc) is 2.69. The van der Waals surface area contributed by atoms with Crippen molar-refractivity contribution in [2.75, 3.05) is 43.2 Å². The normalized spacial score (nSPS) is 21.8. The molecule has 1 aromatic carbocycles. The van der Waals surface area contributed by atoms with Crippen LogP contribution >= 0.6 is 0 Å². The molecule has 0 unspecified atom stereocenters. The first-order valence-corrected chi connectivity index (χ1v) is 11.7. The summed E-state index contributed by atoms with van der Waals surface area (Å²) in [5.74, 6) is 0.625. The molecule has 2 aliphatic rings. The van der Waals surface area contributed by atoms with Crippen molar-refractivity contribution in [3.05, 3.63) is 29.8 Å². The second kappa shape index (κ2) is 9.06. The molecule has 2 heterocycles. The van der Waals surface area contributed by atoms with Gasteiger partial charge in [0, 0.05) is 30.9 Å². The number of nitrogens with one attached hydrogen (secondary N) is 1. The maximum atomic E-state index is 12.9. The summed E-state index contributed by atoms with van der Waals surface area (Å²) in [5.41, 5.74) is 1.11. The minimum absolute atomic E-state index is 0.0276. The Hall–Kier alpha value is -1.60. The Kier molecular flexibility index (Phi) is 6.76. The molecule has 0 aromatic heterocycles. The SMILES string of the molecule is CCS(=O)(=O)Nc1ccc(C(=O)N2CCC[C@H](CN3CCCCC3)C2)cc1. The summed E-state index contributed by atoms with van der Waals surface area (Å²) in [6.45, 7) is 6.71. The van der Waals surface area contributed by atoms with Crippen molar-refractivity contribution >= 4 is 21.6 Å². The first-order valence-electron chi connectivity index (χ1n) is 10.1. The van der Waals surface area contributed by atoms with E-state index in [9.17, 15) is 13.2 Å². The van der Waals surface area contributed by atoms with Crippen molar-refractivity contribution in [1.82, 2.24) is 9.80 Å². The molecule has 2 fully saturated rings. The van der Waals surface area contributed by atoms with Crippen LogP contribution in [0.25, 0.3) is 0 Å². The van der Waals surface area contributed by atoms with E-state index in [0.717, 1.165) is 26.1 Å². The molecule has 0 bridgehead atoms. The molecule has 1 aromatic rings. The van der Waals surface area contributed by atoms with Gasteiger partial charge in [-0.15, -0.1) is 0 Å². The zero-order valence-electron chi connectivity index (χ0n) is 16.2. The second-order valence-corrected chi connectivity index (χ2v) is 9.71. The van der Waals surface area contributed by atoms with Gasteiger partial charge in [-0.3, -0.25) is 9.52 Å². The van der Waals surface area contributed by atoms with Crippen molar-refractivity contribution in [1.29, 1.82) is 0 Å². The van der Waals surface area contributed by atoms with Crippen LogP contribution in [0, 0.1) is 5.92 Å². The zero-order valence-corrected chi connectivity index (χ0v) is 17.0. The van der Waals surface area contributed by atoms with Crippen molar-refractivity contribution in [3.8, 4) is 0 Å². The van der Waals surface area contributed by atoms with Gasteiger partial charge in [0.25, 0.3) is 5.91 Å². The number of nitrogens with zero attached hydrogens (tertiary/aromatic N) is 2. The smallest absolute Gasteiger partial charge is 0.253 e. The van der Waals surface area contributed by atoms with Crippen LogP contribution in [0.4, 0.5) is 5.69 Å². The summed E-state index contributed by atoms with van der Waals surface area (Å²) < 4.78 is 25.8. The molecule has 0 aliphatic carbocycles. The fraction of sp³-hybridized carbons (Fsp3) is 0.650. The van der Waals surface area contributed by atoms with Gasteiger partial charge in [0.1, 0.15) is 0 Å². The number of piperidine rings is 2. The minimum atomic E-state index is -3.30. The van der Waals surface area contributed by atoms with Crippen LogP contribution in [-0.2, 0) is 10.0 Å². The number of anilines is 1. The van der Waals surface area contributed by atoms with Gasteiger partial charge >= 0.3 is 0 Å². The van der Waals surface area contributed by atoms with Gasteiger partial charge in [0.2, 0.25) is 10.0 Å². The Morgan fingerprint density at radius 3 is 2.44 bits per heavy atom. The van der Waals surface area contributed by atoms with Crippen LogP contribution < -0.4 is 4.72 Å². The number of amides is 1. The lowest BCUT2D eigenvalue weighted by atomic mass is 9.96. The van der Waals surface area contributed by atoms with Crippen molar-refractivity contribution in [2.24, 2.45) is 5.92 Å². The Bertz CT molecular complexity index is 727. The van der Waals surface area contributed by atoms with E-state index in [1.165, 1.54) is 38.8 Å². The van der Waals surface area contributed by atoms with Crippen LogP contribution in [0.1, 0.15) is 49.4 Å². The highest BCUT2D eigenvalue weighted by atomic mass is 32.2. The van der Waals surface area contributed by atoms with Gasteiger partial charge in [0.05, 0.1) is 5.75 Å². The molecular formula is C20H31N3O3S. The van der Waals surface area contributed by atoms with Gasteiger partial charge in [-0.25, -0.2) is 8.42 Å². The molecule has 2 saturated heterocycles. The molecular weight excluding hydrogens is 362 g/mol. The largest absolute Gasteiger partial charge is 0.338 e. The molecule has 27 heavy (non-hydrogen) atoms. The predicted molar refractivity (Wildman–Crippen MR) is 108 cm³/mol. The minimum Gasteiger partial charge on any atom is -0.338 e. The molecule has 0 spiro atoms. The van der Waals surface area contributed by atoms with Crippen molar-refractivity contribution in [2.45, 2.75) is 39.0 Å². The molecule has 1 amide bonds. The Morgan fingerprint density at radius 2 is 1.78 bits per heavy atom. The maximum Gasteiger partial charge on any atom is 0.253 e. The highest BCUT2D eigenvalue weighted by Crippen LogP contribution is 2.22. The molecule has 0 radical (unpaired) electrons. The van der Waals surface area contributed by atoms with E-state index in [0.29, 0.717) is 17.2 Å². The number of hydrogen-bond acceptors (Lipinski definition) is 4. The number of benzene rings is 1. The molecule has 1 N–H and O–H groups in total. The zero-order chi connectivity index (χ0) is 19.3. The summed E-state index contributed by atoms with van der Waals surface area (Å²) in [6, 6.07) is 6.75. The van der Waals surface area contributed by atoms with E-state index in [1.807, 2.05) is 4.90 Å². The second-order valence-electron chi connectivity index (χ2n) is 7.70. The van der Waals surface area contributed by atoms with Gasteiger partial charge in [0.15, 0.2) is 0 Å². The Labute approximate surface area is 163 Å². The number of carbonyl (C=O) groups is 1. The van der Waals surface area contributed by atoms with Gasteiger partial charge in [-0.05, 0) is 75.9 Å². The van der Waals surface area contributed by atoms with Crippen LogP contribution in [0.15, 0.2) is 24.3 Å². The number of sulfonamides is 1. The van der Waals surface area contributed by atoms with Gasteiger partial charge in [-0.1, -0.05) is 6.42 Å². The van der Waals surface area contributed by atoms with Crippen LogP contribution in [0.5, 0.6) is 0 Å². The first kappa shape index (κ1) is 20.1. The summed E-state index contributed by atoms with van der Waals surface area (Å²) in [4.78, 5) is 17.4. The number of likely N-dealkylation sites (tertiary alicyclic amines) is 2. The lowest BCUT2D eigenvalue weighted by Crippen LogP contribution is -2.44. The van der Waals surface area contributed by atoms with E-state index in [2.05, 4.69) is 9.62 Å². The lowest BCUT2D eigenvalue weighted by molar-refractivity contribution is 0.0631. The van der Waals surface area contributed by atoms with Gasteiger partial charge in [-0.2, -0.15) is 0 Å².